The summed E-state index contributed by atoms with van der Waals surface area (Å²) in [6.07, 6.45) is 2.80. The molecule has 0 spiro atoms. The van der Waals surface area contributed by atoms with Gasteiger partial charge in [-0.05, 0) is 64.2 Å². The molecule has 0 radical (unpaired) electrons. The minimum Gasteiger partial charge on any atom is -0.354 e. The predicted molar refractivity (Wildman–Crippen MR) is 116 cm³/mol. The van der Waals surface area contributed by atoms with Gasteiger partial charge >= 0.3 is 0 Å². The molecular formula is C22H28N6. The number of nitrogens with one attached hydrogen (secondary N) is 2. The third-order valence-electron chi connectivity index (χ3n) is 4.45. The summed E-state index contributed by atoms with van der Waals surface area (Å²) in [6.45, 7) is 6.01. The second-order valence-electron chi connectivity index (χ2n) is 7.15. The van der Waals surface area contributed by atoms with Crippen LogP contribution in [0.1, 0.15) is 17.5 Å². The Hall–Kier alpha value is -2.99. The van der Waals surface area contributed by atoms with E-state index in [0.717, 1.165) is 42.4 Å². The second kappa shape index (κ2) is 9.28. The van der Waals surface area contributed by atoms with Gasteiger partial charge in [0.2, 0.25) is 5.95 Å². The molecule has 0 saturated heterocycles. The van der Waals surface area contributed by atoms with Crippen molar-refractivity contribution in [2.75, 3.05) is 37.8 Å². The van der Waals surface area contributed by atoms with Crippen LogP contribution in [0.25, 0.3) is 11.4 Å². The quantitative estimate of drug-likeness (QED) is 0.573. The van der Waals surface area contributed by atoms with Gasteiger partial charge in [-0.2, -0.15) is 4.98 Å². The number of pyridine rings is 1. The molecule has 0 aliphatic carbocycles. The highest BCUT2D eigenvalue weighted by Crippen LogP contribution is 2.26. The topological polar surface area (TPSA) is 66.0 Å². The van der Waals surface area contributed by atoms with Crippen LogP contribution in [0.5, 0.6) is 0 Å². The molecular weight excluding hydrogens is 348 g/mol. The molecule has 0 fully saturated rings. The van der Waals surface area contributed by atoms with Crippen LogP contribution in [-0.4, -0.2) is 47.0 Å². The highest BCUT2D eigenvalue weighted by molar-refractivity contribution is 5.68. The van der Waals surface area contributed by atoms with E-state index in [1.54, 1.807) is 6.20 Å². The number of benzene rings is 1. The first-order valence-corrected chi connectivity index (χ1v) is 9.55. The van der Waals surface area contributed by atoms with Crippen LogP contribution in [0.15, 0.2) is 48.7 Å². The summed E-state index contributed by atoms with van der Waals surface area (Å²) < 4.78 is 0. The number of para-hydroxylation sites is 1. The third-order valence-corrected chi connectivity index (χ3v) is 4.45. The molecule has 0 aliphatic heterocycles. The molecule has 1 aromatic carbocycles. The number of aryl methyl sites for hydroxylation is 2. The van der Waals surface area contributed by atoms with E-state index in [-0.39, 0.29) is 0 Å². The van der Waals surface area contributed by atoms with Gasteiger partial charge in [-0.1, -0.05) is 24.3 Å². The molecule has 0 saturated carbocycles. The van der Waals surface area contributed by atoms with Gasteiger partial charge in [0.25, 0.3) is 0 Å². The highest BCUT2D eigenvalue weighted by atomic mass is 15.1. The average molecular weight is 377 g/mol. The zero-order chi connectivity index (χ0) is 19.9. The summed E-state index contributed by atoms with van der Waals surface area (Å²) in [5.74, 6) is 1.36. The molecule has 2 heterocycles. The smallest absolute Gasteiger partial charge is 0.225 e. The van der Waals surface area contributed by atoms with Crippen molar-refractivity contribution in [1.29, 1.82) is 0 Å². The predicted octanol–water partition coefficient (Wildman–Crippen LogP) is 4.26. The molecule has 3 rings (SSSR count). The fourth-order valence-corrected chi connectivity index (χ4v) is 2.97. The average Bonchev–Trinajstić information content (AvgIpc) is 2.69. The van der Waals surface area contributed by atoms with Gasteiger partial charge in [0.1, 0.15) is 5.82 Å². The monoisotopic (exact) mass is 376 g/mol. The summed E-state index contributed by atoms with van der Waals surface area (Å²) in [4.78, 5) is 16.0. The van der Waals surface area contributed by atoms with Crippen LogP contribution in [0.3, 0.4) is 0 Å². The minimum absolute atomic E-state index is 0.607. The van der Waals surface area contributed by atoms with Gasteiger partial charge in [0.05, 0.1) is 11.4 Å². The fraction of sp³-hybridized carbons (Fsp3) is 0.318. The number of rotatable bonds is 8. The van der Waals surface area contributed by atoms with Crippen molar-refractivity contribution in [3.63, 3.8) is 0 Å². The Morgan fingerprint density at radius 2 is 1.71 bits per heavy atom. The molecule has 6 heteroatoms. The van der Waals surface area contributed by atoms with Crippen LogP contribution in [0, 0.1) is 13.8 Å². The zero-order valence-electron chi connectivity index (χ0n) is 17.0. The lowest BCUT2D eigenvalue weighted by molar-refractivity contribution is 0.405. The molecule has 0 aliphatic rings. The van der Waals surface area contributed by atoms with Crippen LogP contribution in [0.4, 0.5) is 17.5 Å². The van der Waals surface area contributed by atoms with Gasteiger partial charge in [-0.15, -0.1) is 0 Å². The molecule has 0 amide bonds. The Morgan fingerprint density at radius 1 is 0.929 bits per heavy atom. The number of hydrogen-bond acceptors (Lipinski definition) is 6. The van der Waals surface area contributed by atoms with Crippen LogP contribution < -0.4 is 10.6 Å². The molecule has 0 unspecified atom stereocenters. The van der Waals surface area contributed by atoms with Gasteiger partial charge in [-0.3, -0.25) is 4.98 Å². The first-order valence-electron chi connectivity index (χ1n) is 9.55. The van der Waals surface area contributed by atoms with Gasteiger partial charge in [0.15, 0.2) is 0 Å². The zero-order valence-corrected chi connectivity index (χ0v) is 17.0. The lowest BCUT2D eigenvalue weighted by atomic mass is 10.1. The van der Waals surface area contributed by atoms with Crippen molar-refractivity contribution in [2.24, 2.45) is 0 Å². The molecule has 28 heavy (non-hydrogen) atoms. The minimum atomic E-state index is 0.607. The van der Waals surface area contributed by atoms with Crippen molar-refractivity contribution in [1.82, 2.24) is 19.9 Å². The van der Waals surface area contributed by atoms with Crippen molar-refractivity contribution in [3.05, 3.63) is 59.8 Å². The molecule has 6 nitrogen and oxygen atoms in total. The molecule has 3 aromatic rings. The third kappa shape index (κ3) is 5.27. The molecule has 146 valence electrons. The Morgan fingerprint density at radius 3 is 2.39 bits per heavy atom. The van der Waals surface area contributed by atoms with E-state index in [1.165, 1.54) is 11.1 Å². The van der Waals surface area contributed by atoms with E-state index in [9.17, 15) is 0 Å². The lowest BCUT2D eigenvalue weighted by Gasteiger charge is -2.15. The standard InChI is InChI=1S/C22H28N6/c1-16-9-7-10-17(2)21(16)26-20-15-19(18-11-5-6-12-23-18)25-22(27-20)24-13-8-14-28(3)4/h5-7,9-12,15H,8,13-14H2,1-4H3,(H2,24,25,26,27). The second-order valence-corrected chi connectivity index (χ2v) is 7.15. The molecule has 0 bridgehead atoms. The summed E-state index contributed by atoms with van der Waals surface area (Å²) in [6, 6.07) is 14.0. The maximum atomic E-state index is 4.68. The fourth-order valence-electron chi connectivity index (χ4n) is 2.97. The van der Waals surface area contributed by atoms with E-state index in [2.05, 4.69) is 76.6 Å². The van der Waals surface area contributed by atoms with Crippen molar-refractivity contribution < 1.29 is 0 Å². The number of anilines is 3. The molecule has 2 N–H and O–H groups in total. The van der Waals surface area contributed by atoms with Gasteiger partial charge in [0, 0.05) is 24.5 Å². The first-order chi connectivity index (χ1) is 13.5. The normalized spacial score (nSPS) is 10.9. The summed E-state index contributed by atoms with van der Waals surface area (Å²) >= 11 is 0. The Kier molecular flexibility index (Phi) is 6.55. The van der Waals surface area contributed by atoms with E-state index >= 15 is 0 Å². The van der Waals surface area contributed by atoms with E-state index in [0.29, 0.717) is 5.95 Å². The number of nitrogens with zero attached hydrogens (tertiary/aromatic N) is 4. The lowest BCUT2D eigenvalue weighted by Crippen LogP contribution is -2.17. The summed E-state index contributed by atoms with van der Waals surface area (Å²) in [5, 5.41) is 6.82. The van der Waals surface area contributed by atoms with E-state index in [1.807, 2.05) is 24.3 Å². The van der Waals surface area contributed by atoms with Crippen molar-refractivity contribution in [2.45, 2.75) is 20.3 Å². The summed E-state index contributed by atoms with van der Waals surface area (Å²) in [7, 11) is 4.15. The maximum Gasteiger partial charge on any atom is 0.225 e. The Labute approximate surface area is 167 Å². The van der Waals surface area contributed by atoms with Gasteiger partial charge in [-0.25, -0.2) is 4.98 Å². The van der Waals surface area contributed by atoms with Gasteiger partial charge < -0.3 is 15.5 Å². The van der Waals surface area contributed by atoms with Crippen LogP contribution in [-0.2, 0) is 0 Å². The largest absolute Gasteiger partial charge is 0.354 e. The SMILES string of the molecule is Cc1cccc(C)c1Nc1cc(-c2ccccn2)nc(NCCCN(C)C)n1. The summed E-state index contributed by atoms with van der Waals surface area (Å²) in [5.41, 5.74) is 5.05. The van der Waals surface area contributed by atoms with Crippen molar-refractivity contribution in [3.8, 4) is 11.4 Å². The highest BCUT2D eigenvalue weighted by Gasteiger charge is 2.10. The maximum absolute atomic E-state index is 4.68. The van der Waals surface area contributed by atoms with E-state index in [4.69, 9.17) is 0 Å². The Bertz CT molecular complexity index is 888. The van der Waals surface area contributed by atoms with Crippen LogP contribution >= 0.6 is 0 Å². The van der Waals surface area contributed by atoms with E-state index < -0.39 is 0 Å². The molecule has 0 atom stereocenters. The van der Waals surface area contributed by atoms with Crippen molar-refractivity contribution >= 4 is 17.5 Å². The first kappa shape index (κ1) is 19.8. The van der Waals surface area contributed by atoms with Crippen LogP contribution in [0.2, 0.25) is 0 Å². The Balaban J connectivity index is 1.89. The number of hydrogen-bond donors (Lipinski definition) is 2. The molecule has 2 aromatic heterocycles. The number of aromatic nitrogens is 3.